The second-order valence-electron chi connectivity index (χ2n) is 6.54. The van der Waals surface area contributed by atoms with Crippen LogP contribution in [0.4, 0.5) is 0 Å². The Morgan fingerprint density at radius 2 is 2.20 bits per heavy atom. The van der Waals surface area contributed by atoms with Gasteiger partial charge >= 0.3 is 0 Å². The standard InChI is InChI=1S/C16H25N3S/c1-2-17-16(9-11-19-10-5-8-14(16)19)15-18-12-6-3-4-7-13(12)20-15/h14,17H,2-11H2,1H3. The zero-order valence-corrected chi connectivity index (χ0v) is 13.3. The molecule has 0 amide bonds. The van der Waals surface area contributed by atoms with Crippen molar-refractivity contribution in [2.24, 2.45) is 0 Å². The number of aromatic nitrogens is 1. The van der Waals surface area contributed by atoms with E-state index in [9.17, 15) is 0 Å². The summed E-state index contributed by atoms with van der Waals surface area (Å²) in [5.74, 6) is 0. The summed E-state index contributed by atoms with van der Waals surface area (Å²) < 4.78 is 0. The summed E-state index contributed by atoms with van der Waals surface area (Å²) in [7, 11) is 0. The van der Waals surface area contributed by atoms with Gasteiger partial charge in [-0.3, -0.25) is 4.90 Å². The van der Waals surface area contributed by atoms with Crippen molar-refractivity contribution < 1.29 is 0 Å². The molecule has 3 aliphatic rings. The minimum Gasteiger partial charge on any atom is -0.304 e. The molecule has 1 aliphatic carbocycles. The fraction of sp³-hybridized carbons (Fsp3) is 0.812. The first-order valence-electron chi connectivity index (χ1n) is 8.31. The molecule has 0 saturated carbocycles. The Bertz CT molecular complexity index is 470. The number of aryl methyl sites for hydroxylation is 2. The maximum absolute atomic E-state index is 5.11. The van der Waals surface area contributed by atoms with Crippen molar-refractivity contribution in [2.75, 3.05) is 19.6 Å². The van der Waals surface area contributed by atoms with Crippen LogP contribution >= 0.6 is 11.3 Å². The van der Waals surface area contributed by atoms with Gasteiger partial charge in [0.2, 0.25) is 0 Å². The molecule has 2 saturated heterocycles. The molecule has 1 aromatic heterocycles. The summed E-state index contributed by atoms with van der Waals surface area (Å²) in [5, 5.41) is 5.26. The smallest absolute Gasteiger partial charge is 0.115 e. The number of likely N-dealkylation sites (N-methyl/N-ethyl adjacent to an activating group) is 1. The maximum atomic E-state index is 5.11. The summed E-state index contributed by atoms with van der Waals surface area (Å²) in [5.41, 5.74) is 1.58. The van der Waals surface area contributed by atoms with Crippen LogP contribution in [0.5, 0.6) is 0 Å². The second kappa shape index (κ2) is 5.08. The molecule has 2 atom stereocenters. The van der Waals surface area contributed by atoms with Crippen molar-refractivity contribution in [1.29, 1.82) is 0 Å². The molecular formula is C16H25N3S. The summed E-state index contributed by atoms with van der Waals surface area (Å²) in [4.78, 5) is 9.39. The van der Waals surface area contributed by atoms with Crippen molar-refractivity contribution in [3.05, 3.63) is 15.6 Å². The third-order valence-electron chi connectivity index (χ3n) is 5.45. The third kappa shape index (κ3) is 1.88. The molecule has 4 rings (SSSR count). The minimum absolute atomic E-state index is 0.160. The topological polar surface area (TPSA) is 28.2 Å². The van der Waals surface area contributed by atoms with E-state index in [0.717, 1.165) is 6.54 Å². The lowest BCUT2D eigenvalue weighted by molar-refractivity contribution is 0.227. The first-order chi connectivity index (χ1) is 9.83. The van der Waals surface area contributed by atoms with Gasteiger partial charge in [0.15, 0.2) is 0 Å². The van der Waals surface area contributed by atoms with Crippen LogP contribution in [0.3, 0.4) is 0 Å². The van der Waals surface area contributed by atoms with E-state index in [2.05, 4.69) is 17.1 Å². The summed E-state index contributed by atoms with van der Waals surface area (Å²) in [6.45, 7) is 5.84. The summed E-state index contributed by atoms with van der Waals surface area (Å²) >= 11 is 2.02. The number of rotatable bonds is 3. The van der Waals surface area contributed by atoms with Gasteiger partial charge in [-0.1, -0.05) is 6.92 Å². The van der Waals surface area contributed by atoms with Crippen molar-refractivity contribution in [3.63, 3.8) is 0 Å². The highest BCUT2D eigenvalue weighted by Gasteiger charge is 2.51. The molecule has 20 heavy (non-hydrogen) atoms. The van der Waals surface area contributed by atoms with Gasteiger partial charge < -0.3 is 5.32 Å². The van der Waals surface area contributed by atoms with Gasteiger partial charge in [0.05, 0.1) is 11.2 Å². The third-order valence-corrected chi connectivity index (χ3v) is 6.78. The highest BCUT2D eigenvalue weighted by Crippen LogP contribution is 2.45. The number of hydrogen-bond donors (Lipinski definition) is 1. The van der Waals surface area contributed by atoms with Crippen molar-refractivity contribution in [3.8, 4) is 0 Å². The van der Waals surface area contributed by atoms with E-state index >= 15 is 0 Å². The zero-order valence-electron chi connectivity index (χ0n) is 12.5. The van der Waals surface area contributed by atoms with E-state index in [-0.39, 0.29) is 5.54 Å². The van der Waals surface area contributed by atoms with E-state index in [0.29, 0.717) is 6.04 Å². The van der Waals surface area contributed by atoms with Gasteiger partial charge in [-0.05, 0) is 58.0 Å². The van der Waals surface area contributed by atoms with Crippen LogP contribution < -0.4 is 5.32 Å². The van der Waals surface area contributed by atoms with Crippen molar-refractivity contribution in [2.45, 2.75) is 63.5 Å². The van der Waals surface area contributed by atoms with Crippen molar-refractivity contribution >= 4 is 11.3 Å². The predicted octanol–water partition coefficient (Wildman–Crippen LogP) is 2.69. The fourth-order valence-electron chi connectivity index (χ4n) is 4.53. The molecule has 0 aromatic carbocycles. The summed E-state index contributed by atoms with van der Waals surface area (Å²) in [6, 6.07) is 0.690. The molecule has 2 aliphatic heterocycles. The maximum Gasteiger partial charge on any atom is 0.115 e. The van der Waals surface area contributed by atoms with Gasteiger partial charge in [-0.15, -0.1) is 11.3 Å². The van der Waals surface area contributed by atoms with Gasteiger partial charge in [0.1, 0.15) is 5.01 Å². The van der Waals surface area contributed by atoms with Crippen LogP contribution in [0.2, 0.25) is 0 Å². The molecule has 2 fully saturated rings. The Hall–Kier alpha value is -0.450. The normalized spacial score (nSPS) is 33.4. The SMILES string of the molecule is CCNC1(c2nc3c(s2)CCCC3)CCN2CCCC21. The van der Waals surface area contributed by atoms with Crippen LogP contribution in [0.1, 0.15) is 54.6 Å². The highest BCUT2D eigenvalue weighted by atomic mass is 32.1. The molecule has 2 unspecified atom stereocenters. The van der Waals surface area contributed by atoms with Gasteiger partial charge in [-0.25, -0.2) is 4.98 Å². The van der Waals surface area contributed by atoms with E-state index in [4.69, 9.17) is 4.98 Å². The molecule has 3 heterocycles. The lowest BCUT2D eigenvalue weighted by Gasteiger charge is -2.34. The average Bonchev–Trinajstić information content (AvgIpc) is 3.14. The fourth-order valence-corrected chi connectivity index (χ4v) is 5.92. The lowest BCUT2D eigenvalue weighted by Crippen LogP contribution is -2.50. The number of hydrogen-bond acceptors (Lipinski definition) is 4. The number of nitrogens with one attached hydrogen (secondary N) is 1. The highest BCUT2D eigenvalue weighted by molar-refractivity contribution is 7.12. The minimum atomic E-state index is 0.160. The van der Waals surface area contributed by atoms with Crippen LogP contribution in [0.15, 0.2) is 0 Å². The van der Waals surface area contributed by atoms with Crippen LogP contribution in [-0.2, 0) is 18.4 Å². The average molecular weight is 291 g/mol. The Morgan fingerprint density at radius 1 is 1.30 bits per heavy atom. The van der Waals surface area contributed by atoms with Crippen molar-refractivity contribution in [1.82, 2.24) is 15.2 Å². The molecule has 110 valence electrons. The molecule has 0 spiro atoms. The molecule has 1 aromatic rings. The molecule has 1 N–H and O–H groups in total. The number of nitrogens with zero attached hydrogens (tertiary/aromatic N) is 2. The lowest BCUT2D eigenvalue weighted by atomic mass is 9.89. The molecular weight excluding hydrogens is 266 g/mol. The Labute approximate surface area is 125 Å². The van der Waals surface area contributed by atoms with Crippen LogP contribution in [0, 0.1) is 0 Å². The number of thiazole rings is 1. The van der Waals surface area contributed by atoms with Crippen LogP contribution in [-0.4, -0.2) is 35.6 Å². The predicted molar refractivity (Wildman–Crippen MR) is 83.3 cm³/mol. The first kappa shape index (κ1) is 13.2. The Kier molecular flexibility index (Phi) is 3.36. The first-order valence-corrected chi connectivity index (χ1v) is 9.13. The number of fused-ring (bicyclic) bond motifs is 2. The van der Waals surface area contributed by atoms with Crippen LogP contribution in [0.25, 0.3) is 0 Å². The zero-order chi connectivity index (χ0) is 13.6. The molecule has 0 radical (unpaired) electrons. The van der Waals surface area contributed by atoms with Gasteiger partial charge in [0, 0.05) is 17.5 Å². The Balaban J connectivity index is 1.73. The van der Waals surface area contributed by atoms with E-state index < -0.39 is 0 Å². The van der Waals surface area contributed by atoms with E-state index in [1.165, 1.54) is 68.7 Å². The quantitative estimate of drug-likeness (QED) is 0.928. The largest absolute Gasteiger partial charge is 0.304 e. The Morgan fingerprint density at radius 3 is 3.05 bits per heavy atom. The van der Waals surface area contributed by atoms with Gasteiger partial charge in [0.25, 0.3) is 0 Å². The van der Waals surface area contributed by atoms with E-state index in [1.807, 2.05) is 11.3 Å². The molecule has 3 nitrogen and oxygen atoms in total. The summed E-state index contributed by atoms with van der Waals surface area (Å²) in [6.07, 6.45) is 9.13. The van der Waals surface area contributed by atoms with Gasteiger partial charge in [-0.2, -0.15) is 0 Å². The second-order valence-corrected chi connectivity index (χ2v) is 7.63. The molecule has 0 bridgehead atoms. The monoisotopic (exact) mass is 291 g/mol. The van der Waals surface area contributed by atoms with E-state index in [1.54, 1.807) is 4.88 Å². The molecule has 4 heteroatoms.